The predicted octanol–water partition coefficient (Wildman–Crippen LogP) is 4.61. The lowest BCUT2D eigenvalue weighted by Gasteiger charge is -2.08. The molecule has 3 rings (SSSR count). The van der Waals surface area contributed by atoms with Crippen LogP contribution in [-0.4, -0.2) is 11.2 Å². The number of hydrogen-bond donors (Lipinski definition) is 1. The molecule has 0 saturated heterocycles. The van der Waals surface area contributed by atoms with E-state index in [1.165, 1.54) is 4.90 Å². The molecule has 1 N–H and O–H groups in total. The van der Waals surface area contributed by atoms with Gasteiger partial charge in [0.2, 0.25) is 0 Å². The Balaban J connectivity index is 2.01. The number of nitrogens with zero attached hydrogens (tertiary/aromatic N) is 1. The second-order valence-electron chi connectivity index (χ2n) is 5.49. The number of aromatic amines is 1. The zero-order chi connectivity index (χ0) is 17.1. The number of benzene rings is 2. The van der Waals surface area contributed by atoms with E-state index in [-0.39, 0.29) is 11.1 Å². The van der Waals surface area contributed by atoms with Crippen LogP contribution in [0.5, 0.6) is 0 Å². The van der Waals surface area contributed by atoms with Crippen LogP contribution in [-0.2, 0) is 0 Å². The van der Waals surface area contributed by atoms with Crippen LogP contribution >= 0.6 is 11.8 Å². The van der Waals surface area contributed by atoms with Gasteiger partial charge in [0.15, 0.2) is 0 Å². The second-order valence-corrected chi connectivity index (χ2v) is 6.37. The number of pyridine rings is 1. The molecule has 0 fully saturated rings. The highest BCUT2D eigenvalue weighted by Gasteiger charge is 2.10. The van der Waals surface area contributed by atoms with Gasteiger partial charge < -0.3 is 4.98 Å². The summed E-state index contributed by atoms with van der Waals surface area (Å²) in [6, 6.07) is 20.2. The Morgan fingerprint density at radius 2 is 1.50 bits per heavy atom. The van der Waals surface area contributed by atoms with Crippen LogP contribution in [0.2, 0.25) is 0 Å². The predicted molar refractivity (Wildman–Crippen MR) is 99.2 cm³/mol. The van der Waals surface area contributed by atoms with Gasteiger partial charge in [-0.3, -0.25) is 4.79 Å². The van der Waals surface area contributed by atoms with E-state index in [4.69, 9.17) is 0 Å². The van der Waals surface area contributed by atoms with Crippen LogP contribution in [0.25, 0.3) is 22.3 Å². The third kappa shape index (κ3) is 3.12. The van der Waals surface area contributed by atoms with Gasteiger partial charge in [-0.2, -0.15) is 5.26 Å². The lowest BCUT2D eigenvalue weighted by Crippen LogP contribution is -2.12. The maximum atomic E-state index is 11.9. The second kappa shape index (κ2) is 6.77. The zero-order valence-corrected chi connectivity index (χ0v) is 14.3. The fraction of sp³-hybridized carbons (Fsp3) is 0.100. The monoisotopic (exact) mass is 332 g/mol. The Bertz CT molecular complexity index is 965. The minimum Gasteiger partial charge on any atom is -0.325 e. The van der Waals surface area contributed by atoms with E-state index >= 15 is 0 Å². The first-order valence-corrected chi connectivity index (χ1v) is 8.73. The van der Waals surface area contributed by atoms with Crippen LogP contribution in [0.3, 0.4) is 0 Å². The van der Waals surface area contributed by atoms with Crippen molar-refractivity contribution in [3.05, 3.63) is 76.2 Å². The van der Waals surface area contributed by atoms with Crippen molar-refractivity contribution in [1.82, 2.24) is 4.98 Å². The Kier molecular flexibility index (Phi) is 4.54. The fourth-order valence-corrected chi connectivity index (χ4v) is 3.06. The minimum atomic E-state index is -0.343. The Morgan fingerprint density at radius 3 is 2.04 bits per heavy atom. The molecular weight excluding hydrogens is 316 g/mol. The summed E-state index contributed by atoms with van der Waals surface area (Å²) < 4.78 is 0. The van der Waals surface area contributed by atoms with Gasteiger partial charge in [0.1, 0.15) is 11.6 Å². The van der Waals surface area contributed by atoms with Crippen molar-refractivity contribution < 1.29 is 0 Å². The lowest BCUT2D eigenvalue weighted by molar-refractivity contribution is 1.13. The summed E-state index contributed by atoms with van der Waals surface area (Å²) in [5.74, 6) is 0. The highest BCUT2D eigenvalue weighted by molar-refractivity contribution is 7.98. The number of aromatic nitrogens is 1. The maximum absolute atomic E-state index is 11.9. The molecule has 0 spiro atoms. The molecule has 0 aliphatic heterocycles. The van der Waals surface area contributed by atoms with Crippen LogP contribution in [0, 0.1) is 18.3 Å². The van der Waals surface area contributed by atoms with Gasteiger partial charge in [-0.1, -0.05) is 36.4 Å². The summed E-state index contributed by atoms with van der Waals surface area (Å²) in [6.07, 6.45) is 2.06. The minimum absolute atomic E-state index is 0.151. The van der Waals surface area contributed by atoms with E-state index in [1.54, 1.807) is 11.8 Å². The highest BCUT2D eigenvalue weighted by Crippen LogP contribution is 2.27. The van der Waals surface area contributed by atoms with Crippen molar-refractivity contribution in [2.24, 2.45) is 0 Å². The summed E-state index contributed by atoms with van der Waals surface area (Å²) in [7, 11) is 0. The number of hydrogen-bond acceptors (Lipinski definition) is 3. The molecule has 0 saturated carbocycles. The van der Waals surface area contributed by atoms with Crippen molar-refractivity contribution in [2.75, 3.05) is 6.26 Å². The molecule has 0 bridgehead atoms. The first kappa shape index (κ1) is 16.1. The summed E-state index contributed by atoms with van der Waals surface area (Å²) in [4.78, 5) is 15.8. The van der Waals surface area contributed by atoms with Crippen molar-refractivity contribution in [2.45, 2.75) is 11.8 Å². The third-order valence-corrected chi connectivity index (χ3v) is 4.64. The molecular formula is C20H16N2OS. The molecule has 2 aromatic carbocycles. The standard InChI is InChI=1S/C20H16N2OS/c1-13-11-18(19(12-21)20(23)22-13)16-5-3-14(4-6-16)15-7-9-17(24-2)10-8-15/h3-11H,1-2H3,(H,22,23). The third-order valence-electron chi connectivity index (χ3n) is 3.90. The number of nitriles is 1. The van der Waals surface area contributed by atoms with Gasteiger partial charge in [0.05, 0.1) is 0 Å². The highest BCUT2D eigenvalue weighted by atomic mass is 32.2. The van der Waals surface area contributed by atoms with Gasteiger partial charge in [-0.15, -0.1) is 11.8 Å². The van der Waals surface area contributed by atoms with E-state index in [9.17, 15) is 10.1 Å². The first-order valence-electron chi connectivity index (χ1n) is 7.51. The van der Waals surface area contributed by atoms with E-state index in [0.717, 1.165) is 22.4 Å². The molecule has 1 aromatic heterocycles. The quantitative estimate of drug-likeness (QED) is 0.713. The van der Waals surface area contributed by atoms with Gasteiger partial charge in [0.25, 0.3) is 5.56 Å². The fourth-order valence-electron chi connectivity index (χ4n) is 2.65. The molecule has 0 radical (unpaired) electrons. The number of aryl methyl sites for hydroxylation is 1. The van der Waals surface area contributed by atoms with E-state index in [2.05, 4.69) is 35.5 Å². The van der Waals surface area contributed by atoms with E-state index in [1.807, 2.05) is 43.3 Å². The van der Waals surface area contributed by atoms with Crippen molar-refractivity contribution >= 4 is 11.8 Å². The Morgan fingerprint density at radius 1 is 0.958 bits per heavy atom. The summed E-state index contributed by atoms with van der Waals surface area (Å²) in [6.45, 7) is 1.81. The average Bonchev–Trinajstić information content (AvgIpc) is 2.61. The number of rotatable bonds is 3. The number of nitrogens with one attached hydrogen (secondary N) is 1. The largest absolute Gasteiger partial charge is 0.325 e. The smallest absolute Gasteiger partial charge is 0.266 e. The summed E-state index contributed by atoms with van der Waals surface area (Å²) in [5.41, 5.74) is 4.33. The molecule has 0 aliphatic rings. The average molecular weight is 332 g/mol. The van der Waals surface area contributed by atoms with Gasteiger partial charge in [-0.05, 0) is 48.1 Å². The number of H-pyrrole nitrogens is 1. The molecule has 118 valence electrons. The van der Waals surface area contributed by atoms with Gasteiger partial charge in [-0.25, -0.2) is 0 Å². The molecule has 0 amide bonds. The number of thioether (sulfide) groups is 1. The molecule has 3 aromatic rings. The normalized spacial score (nSPS) is 10.4. The van der Waals surface area contributed by atoms with Crippen LogP contribution in [0.4, 0.5) is 0 Å². The molecule has 0 aliphatic carbocycles. The van der Waals surface area contributed by atoms with Crippen LogP contribution in [0.15, 0.2) is 64.3 Å². The Hall–Kier alpha value is -2.77. The van der Waals surface area contributed by atoms with E-state index < -0.39 is 0 Å². The SMILES string of the molecule is CSc1ccc(-c2ccc(-c3cc(C)[nH]c(=O)c3C#N)cc2)cc1. The van der Waals surface area contributed by atoms with Crippen LogP contribution in [0.1, 0.15) is 11.3 Å². The molecule has 0 unspecified atom stereocenters. The van der Waals surface area contributed by atoms with Crippen molar-refractivity contribution in [3.8, 4) is 28.3 Å². The lowest BCUT2D eigenvalue weighted by atomic mass is 9.98. The van der Waals surface area contributed by atoms with Gasteiger partial charge in [0, 0.05) is 16.2 Å². The molecule has 3 nitrogen and oxygen atoms in total. The van der Waals surface area contributed by atoms with E-state index in [0.29, 0.717) is 5.56 Å². The zero-order valence-electron chi connectivity index (χ0n) is 13.5. The van der Waals surface area contributed by atoms with Gasteiger partial charge >= 0.3 is 0 Å². The maximum Gasteiger partial charge on any atom is 0.266 e. The van der Waals surface area contributed by atoms with Crippen molar-refractivity contribution in [1.29, 1.82) is 5.26 Å². The van der Waals surface area contributed by atoms with Crippen molar-refractivity contribution in [3.63, 3.8) is 0 Å². The Labute approximate surface area is 145 Å². The molecule has 4 heteroatoms. The summed E-state index contributed by atoms with van der Waals surface area (Å²) in [5, 5.41) is 9.26. The first-order chi connectivity index (χ1) is 11.6. The topological polar surface area (TPSA) is 56.6 Å². The molecule has 1 heterocycles. The molecule has 24 heavy (non-hydrogen) atoms. The van der Waals surface area contributed by atoms with Crippen LogP contribution < -0.4 is 5.56 Å². The summed E-state index contributed by atoms with van der Waals surface area (Å²) >= 11 is 1.72. The molecule has 0 atom stereocenters.